The maximum atomic E-state index is 6.07. The largest absolute Gasteiger partial charge is 0.381 e. The molecule has 17 heavy (non-hydrogen) atoms. The molecular formula is C12H14ClN3O. The number of hydrogen-bond donors (Lipinski definition) is 0. The lowest BCUT2D eigenvalue weighted by molar-refractivity contribution is 0.0542. The predicted octanol–water partition coefficient (Wildman–Crippen LogP) is 2.35. The minimum absolute atomic E-state index is 0.551. The first-order chi connectivity index (χ1) is 8.34. The van der Waals surface area contributed by atoms with Crippen molar-refractivity contribution in [2.24, 2.45) is 5.92 Å². The van der Waals surface area contributed by atoms with Crippen molar-refractivity contribution >= 4 is 17.2 Å². The summed E-state index contributed by atoms with van der Waals surface area (Å²) >= 11 is 6.07. The van der Waals surface area contributed by atoms with E-state index in [0.717, 1.165) is 37.5 Å². The maximum Gasteiger partial charge on any atom is 0.179 e. The van der Waals surface area contributed by atoms with Crippen LogP contribution >= 0.6 is 11.6 Å². The summed E-state index contributed by atoms with van der Waals surface area (Å²) in [5.74, 6) is 1.52. The molecule has 0 N–H and O–H groups in total. The van der Waals surface area contributed by atoms with E-state index in [1.165, 1.54) is 6.42 Å². The molecule has 1 aliphatic heterocycles. The Balaban J connectivity index is 1.87. The number of halogens is 1. The van der Waals surface area contributed by atoms with E-state index in [2.05, 4.69) is 10.2 Å². The minimum atomic E-state index is 0.551. The van der Waals surface area contributed by atoms with Gasteiger partial charge in [0.2, 0.25) is 0 Å². The molecule has 0 amide bonds. The molecule has 3 heterocycles. The summed E-state index contributed by atoms with van der Waals surface area (Å²) in [7, 11) is 0. The minimum Gasteiger partial charge on any atom is -0.381 e. The van der Waals surface area contributed by atoms with E-state index >= 15 is 0 Å². The predicted molar refractivity (Wildman–Crippen MR) is 65.2 cm³/mol. The van der Waals surface area contributed by atoms with Crippen molar-refractivity contribution in [2.75, 3.05) is 13.2 Å². The molecule has 1 aliphatic rings. The van der Waals surface area contributed by atoms with Crippen LogP contribution in [0.4, 0.5) is 0 Å². The van der Waals surface area contributed by atoms with Crippen LogP contribution in [0.5, 0.6) is 0 Å². The highest BCUT2D eigenvalue weighted by atomic mass is 35.5. The maximum absolute atomic E-state index is 6.07. The average molecular weight is 252 g/mol. The summed E-state index contributed by atoms with van der Waals surface area (Å²) in [6, 6.07) is 3.75. The number of pyridine rings is 1. The number of aromatic nitrogens is 3. The van der Waals surface area contributed by atoms with Crippen LogP contribution in [0.1, 0.15) is 18.7 Å². The molecule has 0 spiro atoms. The van der Waals surface area contributed by atoms with Gasteiger partial charge in [0.1, 0.15) is 5.82 Å². The van der Waals surface area contributed by atoms with Crippen LogP contribution in [-0.4, -0.2) is 27.8 Å². The molecular weight excluding hydrogens is 238 g/mol. The fourth-order valence-electron chi connectivity index (χ4n) is 2.30. The molecule has 1 saturated heterocycles. The number of rotatable bonds is 2. The van der Waals surface area contributed by atoms with Gasteiger partial charge < -0.3 is 4.74 Å². The molecule has 0 aromatic carbocycles. The molecule has 1 atom stereocenters. The van der Waals surface area contributed by atoms with Crippen molar-refractivity contribution in [3.05, 3.63) is 29.2 Å². The smallest absolute Gasteiger partial charge is 0.179 e. The first-order valence-corrected chi connectivity index (χ1v) is 6.28. The van der Waals surface area contributed by atoms with Gasteiger partial charge in [0, 0.05) is 25.8 Å². The molecule has 2 aromatic rings. The molecule has 0 radical (unpaired) electrons. The molecule has 0 bridgehead atoms. The van der Waals surface area contributed by atoms with E-state index in [0.29, 0.717) is 10.9 Å². The van der Waals surface area contributed by atoms with Gasteiger partial charge in [-0.25, -0.2) is 0 Å². The fourth-order valence-corrected chi connectivity index (χ4v) is 2.50. The normalized spacial score (nSPS) is 20.9. The van der Waals surface area contributed by atoms with Crippen molar-refractivity contribution in [2.45, 2.75) is 19.3 Å². The Kier molecular flexibility index (Phi) is 2.99. The number of fused-ring (bicyclic) bond motifs is 1. The van der Waals surface area contributed by atoms with Gasteiger partial charge in [-0.3, -0.25) is 4.40 Å². The number of nitrogens with zero attached hydrogens (tertiary/aromatic N) is 3. The van der Waals surface area contributed by atoms with E-state index in [9.17, 15) is 0 Å². The summed E-state index contributed by atoms with van der Waals surface area (Å²) in [6.07, 6.45) is 5.21. The molecule has 0 saturated carbocycles. The van der Waals surface area contributed by atoms with Crippen LogP contribution in [-0.2, 0) is 11.2 Å². The SMILES string of the molecule is Clc1cccn2c(CC3CCCOC3)nnc12. The Labute approximate surface area is 105 Å². The van der Waals surface area contributed by atoms with E-state index < -0.39 is 0 Å². The first-order valence-electron chi connectivity index (χ1n) is 5.90. The Morgan fingerprint density at radius 2 is 2.41 bits per heavy atom. The van der Waals surface area contributed by atoms with Crippen LogP contribution in [0.25, 0.3) is 5.65 Å². The van der Waals surface area contributed by atoms with Gasteiger partial charge in [-0.2, -0.15) is 0 Å². The number of ether oxygens (including phenoxy) is 1. The van der Waals surface area contributed by atoms with Gasteiger partial charge in [0.25, 0.3) is 0 Å². The van der Waals surface area contributed by atoms with Gasteiger partial charge in [-0.15, -0.1) is 10.2 Å². The third-order valence-corrected chi connectivity index (χ3v) is 3.48. The van der Waals surface area contributed by atoms with Crippen LogP contribution < -0.4 is 0 Å². The van der Waals surface area contributed by atoms with E-state index in [1.54, 1.807) is 0 Å². The lowest BCUT2D eigenvalue weighted by Gasteiger charge is -2.20. The van der Waals surface area contributed by atoms with Crippen LogP contribution in [0.15, 0.2) is 18.3 Å². The Hall–Kier alpha value is -1.13. The van der Waals surface area contributed by atoms with Gasteiger partial charge >= 0.3 is 0 Å². The van der Waals surface area contributed by atoms with Gasteiger partial charge in [0.05, 0.1) is 5.02 Å². The molecule has 3 rings (SSSR count). The van der Waals surface area contributed by atoms with E-state index in [-0.39, 0.29) is 0 Å². The summed E-state index contributed by atoms with van der Waals surface area (Å²) in [4.78, 5) is 0. The third kappa shape index (κ3) is 2.15. The highest BCUT2D eigenvalue weighted by molar-refractivity contribution is 6.33. The van der Waals surface area contributed by atoms with Gasteiger partial charge in [-0.05, 0) is 30.9 Å². The zero-order chi connectivity index (χ0) is 11.7. The fraction of sp³-hybridized carbons (Fsp3) is 0.500. The number of hydrogen-bond acceptors (Lipinski definition) is 3. The zero-order valence-corrected chi connectivity index (χ0v) is 10.2. The monoisotopic (exact) mass is 251 g/mol. The summed E-state index contributed by atoms with van der Waals surface area (Å²) in [5.41, 5.74) is 0.737. The van der Waals surface area contributed by atoms with Crippen molar-refractivity contribution in [1.29, 1.82) is 0 Å². The summed E-state index contributed by atoms with van der Waals surface area (Å²) < 4.78 is 7.45. The van der Waals surface area contributed by atoms with Crippen molar-refractivity contribution in [3.8, 4) is 0 Å². The van der Waals surface area contributed by atoms with E-state index in [1.807, 2.05) is 22.7 Å². The lowest BCUT2D eigenvalue weighted by atomic mass is 9.98. The van der Waals surface area contributed by atoms with Crippen LogP contribution in [0.3, 0.4) is 0 Å². The molecule has 1 fully saturated rings. The molecule has 90 valence electrons. The lowest BCUT2D eigenvalue weighted by Crippen LogP contribution is -2.20. The Morgan fingerprint density at radius 1 is 1.47 bits per heavy atom. The van der Waals surface area contributed by atoms with Gasteiger partial charge in [0.15, 0.2) is 5.65 Å². The van der Waals surface area contributed by atoms with Crippen molar-refractivity contribution < 1.29 is 4.74 Å². The average Bonchev–Trinajstić information content (AvgIpc) is 2.76. The molecule has 1 unspecified atom stereocenters. The topological polar surface area (TPSA) is 39.4 Å². The van der Waals surface area contributed by atoms with Crippen LogP contribution in [0, 0.1) is 5.92 Å². The van der Waals surface area contributed by atoms with Gasteiger partial charge in [-0.1, -0.05) is 11.6 Å². The second-order valence-corrected chi connectivity index (χ2v) is 4.86. The molecule has 5 heteroatoms. The van der Waals surface area contributed by atoms with E-state index in [4.69, 9.17) is 16.3 Å². The quantitative estimate of drug-likeness (QED) is 0.823. The molecule has 2 aromatic heterocycles. The Morgan fingerprint density at radius 3 is 3.24 bits per heavy atom. The third-order valence-electron chi connectivity index (χ3n) is 3.18. The van der Waals surface area contributed by atoms with Crippen LogP contribution in [0.2, 0.25) is 5.02 Å². The first kappa shape index (κ1) is 11.0. The second-order valence-electron chi connectivity index (χ2n) is 4.45. The zero-order valence-electron chi connectivity index (χ0n) is 9.47. The standard InChI is InChI=1S/C12H14ClN3O/c13-10-4-1-5-16-11(14-15-12(10)16)7-9-3-2-6-17-8-9/h1,4-5,9H,2-3,6-8H2. The summed E-state index contributed by atoms with van der Waals surface area (Å²) in [6.45, 7) is 1.72. The second kappa shape index (κ2) is 4.63. The molecule has 4 nitrogen and oxygen atoms in total. The van der Waals surface area contributed by atoms with Crippen molar-refractivity contribution in [3.63, 3.8) is 0 Å². The summed E-state index contributed by atoms with van der Waals surface area (Å²) in [5, 5.41) is 8.99. The van der Waals surface area contributed by atoms with Crippen molar-refractivity contribution in [1.82, 2.24) is 14.6 Å². The molecule has 0 aliphatic carbocycles. The Bertz CT molecular complexity index is 519. The highest BCUT2D eigenvalue weighted by Crippen LogP contribution is 2.20. The highest BCUT2D eigenvalue weighted by Gasteiger charge is 2.17.